The van der Waals surface area contributed by atoms with Gasteiger partial charge in [-0.1, -0.05) is 224 Å². The molecule has 3 saturated heterocycles. The number of carbonyl (C=O) groups excluding carboxylic acids is 1. The third-order valence-electron chi connectivity index (χ3n) is 16.9. The molecule has 498 valence electrons. The van der Waals surface area contributed by atoms with Crippen molar-refractivity contribution < 1.29 is 89.4 Å². The molecule has 0 saturated carbocycles. The fourth-order valence-electron chi connectivity index (χ4n) is 11.4. The van der Waals surface area contributed by atoms with Crippen LogP contribution in [0.5, 0.6) is 0 Å². The summed E-state index contributed by atoms with van der Waals surface area (Å²) in [5.41, 5.74) is 0. The van der Waals surface area contributed by atoms with Gasteiger partial charge in [-0.25, -0.2) is 0 Å². The van der Waals surface area contributed by atoms with Crippen LogP contribution < -0.4 is 5.32 Å². The van der Waals surface area contributed by atoms with Crippen LogP contribution in [0.2, 0.25) is 0 Å². The SMILES string of the molecule is CCCCCC/C=C\C/C=C\CCCCCCCCCC(=O)NC(COC1OC(CO)C(OC2OC(CO)C(OC3OC(CO)C(O)C(O)C3O)C(O)C2O)C(O)C1O)C(O)/C=C/CCCCCCCCCCCCCCCCCCCCCC. The number of aliphatic hydroxyl groups excluding tert-OH is 11. The van der Waals surface area contributed by atoms with Crippen LogP contribution in [-0.4, -0.2) is 193 Å². The summed E-state index contributed by atoms with van der Waals surface area (Å²) in [4.78, 5) is 13.4. The van der Waals surface area contributed by atoms with Crippen molar-refractivity contribution in [2.45, 2.75) is 349 Å². The van der Waals surface area contributed by atoms with Gasteiger partial charge < -0.3 is 89.9 Å². The first-order valence-electron chi connectivity index (χ1n) is 33.7. The lowest BCUT2D eigenvalue weighted by Crippen LogP contribution is -2.66. The van der Waals surface area contributed by atoms with Crippen molar-refractivity contribution >= 4 is 5.91 Å². The molecule has 3 heterocycles. The van der Waals surface area contributed by atoms with Crippen LogP contribution in [0.15, 0.2) is 36.5 Å². The number of hydrogen-bond donors (Lipinski definition) is 12. The Hall–Kier alpha value is -1.99. The molecule has 0 spiro atoms. The van der Waals surface area contributed by atoms with Gasteiger partial charge in [0.05, 0.1) is 38.6 Å². The van der Waals surface area contributed by atoms with Gasteiger partial charge in [0.2, 0.25) is 5.91 Å². The Morgan fingerprint density at radius 1 is 0.424 bits per heavy atom. The summed E-state index contributed by atoms with van der Waals surface area (Å²) in [6.45, 7) is 1.72. The lowest BCUT2D eigenvalue weighted by Gasteiger charge is -2.48. The molecule has 0 aromatic carbocycles. The third kappa shape index (κ3) is 31.5. The minimum Gasteiger partial charge on any atom is -0.394 e. The highest BCUT2D eigenvalue weighted by Crippen LogP contribution is 2.33. The van der Waals surface area contributed by atoms with Crippen LogP contribution in [0, 0.1) is 0 Å². The Kier molecular flexibility index (Phi) is 44.4. The first kappa shape index (κ1) is 77.3. The summed E-state index contributed by atoms with van der Waals surface area (Å²) < 4.78 is 34.3. The molecule has 12 N–H and O–H groups in total. The molecule has 17 atom stereocenters. The van der Waals surface area contributed by atoms with E-state index in [2.05, 4.69) is 43.5 Å². The molecule has 19 heteroatoms. The smallest absolute Gasteiger partial charge is 0.220 e. The van der Waals surface area contributed by atoms with E-state index >= 15 is 0 Å². The summed E-state index contributed by atoms with van der Waals surface area (Å²) in [6.07, 6.45) is 28.3. The first-order valence-corrected chi connectivity index (χ1v) is 33.7. The van der Waals surface area contributed by atoms with Crippen molar-refractivity contribution in [1.29, 1.82) is 0 Å². The minimum atomic E-state index is -1.98. The molecule has 0 aromatic rings. The van der Waals surface area contributed by atoms with E-state index in [1.54, 1.807) is 6.08 Å². The van der Waals surface area contributed by atoms with E-state index in [4.69, 9.17) is 28.4 Å². The summed E-state index contributed by atoms with van der Waals surface area (Å²) in [6, 6.07) is -0.977. The number of ether oxygens (including phenoxy) is 6. The molecule has 0 aromatic heterocycles. The lowest BCUT2D eigenvalue weighted by molar-refractivity contribution is -0.379. The van der Waals surface area contributed by atoms with E-state index in [1.165, 1.54) is 135 Å². The molecule has 3 aliphatic rings. The summed E-state index contributed by atoms with van der Waals surface area (Å²) in [7, 11) is 0. The maximum Gasteiger partial charge on any atom is 0.220 e. The topological polar surface area (TPSA) is 307 Å². The summed E-state index contributed by atoms with van der Waals surface area (Å²) >= 11 is 0. The van der Waals surface area contributed by atoms with Gasteiger partial charge in [-0.05, 0) is 51.4 Å². The quantitative estimate of drug-likeness (QED) is 0.0202. The van der Waals surface area contributed by atoms with Gasteiger partial charge >= 0.3 is 0 Å². The fraction of sp³-hybridized carbons (Fsp3) is 0.894. The number of aliphatic hydroxyl groups is 11. The summed E-state index contributed by atoms with van der Waals surface area (Å²) in [5, 5.41) is 120. The summed E-state index contributed by atoms with van der Waals surface area (Å²) in [5.74, 6) is -0.282. The molecule has 85 heavy (non-hydrogen) atoms. The monoisotopic (exact) mass is 1220 g/mol. The maximum absolute atomic E-state index is 13.4. The zero-order chi connectivity index (χ0) is 61.9. The van der Waals surface area contributed by atoms with Gasteiger partial charge in [-0.2, -0.15) is 0 Å². The zero-order valence-electron chi connectivity index (χ0n) is 52.3. The molecule has 0 aliphatic carbocycles. The van der Waals surface area contributed by atoms with Gasteiger partial charge in [-0.15, -0.1) is 0 Å². The fourth-order valence-corrected chi connectivity index (χ4v) is 11.4. The standard InChI is InChI=1S/C66H121NO18/c1-3-5-7-9-11-13-15-17-19-21-23-24-25-26-27-29-31-33-35-37-39-41-43-50(71)49(67-54(72)44-42-40-38-36-34-32-30-28-22-20-18-16-14-12-10-8-6-4-2)48-80-64-60(78)57(75)62(52(46-69)82-64)85-66-61(79)58(76)63(53(47-70)83-66)84-65-59(77)56(74)55(73)51(45-68)81-65/h14,16,20,22,41,43,49-53,55-66,68-71,73-79H,3-13,15,17-19,21,23-40,42,44-48H2,1-2H3,(H,67,72)/b16-14-,22-20-,43-41+. The molecule has 0 bridgehead atoms. The Morgan fingerprint density at radius 3 is 1.21 bits per heavy atom. The normalized spacial score (nSPS) is 29.2. The van der Waals surface area contributed by atoms with Crippen LogP contribution in [0.4, 0.5) is 0 Å². The van der Waals surface area contributed by atoms with Crippen molar-refractivity contribution in [3.63, 3.8) is 0 Å². The van der Waals surface area contributed by atoms with Gasteiger partial charge in [0.1, 0.15) is 73.2 Å². The molecule has 3 fully saturated rings. The van der Waals surface area contributed by atoms with E-state index < -0.39 is 124 Å². The van der Waals surface area contributed by atoms with Gasteiger partial charge in [0.25, 0.3) is 0 Å². The van der Waals surface area contributed by atoms with Gasteiger partial charge in [0.15, 0.2) is 18.9 Å². The van der Waals surface area contributed by atoms with Crippen LogP contribution >= 0.6 is 0 Å². The van der Waals surface area contributed by atoms with E-state index in [0.717, 1.165) is 83.5 Å². The number of hydrogen-bond acceptors (Lipinski definition) is 18. The highest BCUT2D eigenvalue weighted by atomic mass is 16.8. The molecule has 17 unspecified atom stereocenters. The number of unbranched alkanes of at least 4 members (excludes halogenated alkanes) is 31. The van der Waals surface area contributed by atoms with Crippen LogP contribution in [-0.2, 0) is 33.2 Å². The Balaban J connectivity index is 1.47. The van der Waals surface area contributed by atoms with Crippen LogP contribution in [0.1, 0.15) is 245 Å². The van der Waals surface area contributed by atoms with Crippen molar-refractivity contribution in [2.75, 3.05) is 26.4 Å². The van der Waals surface area contributed by atoms with Crippen molar-refractivity contribution in [3.05, 3.63) is 36.5 Å². The molecule has 3 rings (SSSR count). The number of nitrogens with one attached hydrogen (secondary N) is 1. The highest BCUT2D eigenvalue weighted by Gasteiger charge is 2.53. The predicted molar refractivity (Wildman–Crippen MR) is 328 cm³/mol. The van der Waals surface area contributed by atoms with Crippen LogP contribution in [0.25, 0.3) is 0 Å². The molecule has 3 aliphatic heterocycles. The number of carbonyl (C=O) groups is 1. The average Bonchev–Trinajstić information content (AvgIpc) is 3.07. The molecule has 0 radical (unpaired) electrons. The number of allylic oxidation sites excluding steroid dienone is 5. The van der Waals surface area contributed by atoms with Crippen molar-refractivity contribution in [2.24, 2.45) is 0 Å². The van der Waals surface area contributed by atoms with E-state index in [0.29, 0.717) is 6.42 Å². The molecular formula is C66H121NO18. The average molecular weight is 1220 g/mol. The first-order chi connectivity index (χ1) is 41.3. The largest absolute Gasteiger partial charge is 0.394 e. The second-order valence-corrected chi connectivity index (χ2v) is 24.3. The van der Waals surface area contributed by atoms with Crippen molar-refractivity contribution in [3.8, 4) is 0 Å². The Bertz CT molecular complexity index is 1690. The Morgan fingerprint density at radius 2 is 0.776 bits per heavy atom. The Labute approximate surface area is 511 Å². The number of rotatable bonds is 51. The van der Waals surface area contributed by atoms with Crippen LogP contribution in [0.3, 0.4) is 0 Å². The highest BCUT2D eigenvalue weighted by molar-refractivity contribution is 5.76. The van der Waals surface area contributed by atoms with Gasteiger partial charge in [-0.3, -0.25) is 4.79 Å². The van der Waals surface area contributed by atoms with Crippen molar-refractivity contribution in [1.82, 2.24) is 5.32 Å². The minimum absolute atomic E-state index is 0.235. The molecular weight excluding hydrogens is 1090 g/mol. The van der Waals surface area contributed by atoms with E-state index in [1.807, 2.05) is 6.08 Å². The molecule has 19 nitrogen and oxygen atoms in total. The number of amides is 1. The molecule has 1 amide bonds. The maximum atomic E-state index is 13.4. The second kappa shape index (κ2) is 48.8. The third-order valence-corrected chi connectivity index (χ3v) is 16.9. The second-order valence-electron chi connectivity index (χ2n) is 24.3. The lowest BCUT2D eigenvalue weighted by atomic mass is 9.96. The predicted octanol–water partition coefficient (Wildman–Crippen LogP) is 8.05. The van der Waals surface area contributed by atoms with E-state index in [-0.39, 0.29) is 18.9 Å². The zero-order valence-corrected chi connectivity index (χ0v) is 52.3. The van der Waals surface area contributed by atoms with Gasteiger partial charge in [0, 0.05) is 6.42 Å². The van der Waals surface area contributed by atoms with E-state index in [9.17, 15) is 61.0 Å².